The van der Waals surface area contributed by atoms with Gasteiger partial charge in [0.15, 0.2) is 0 Å². The van der Waals surface area contributed by atoms with E-state index in [2.05, 4.69) is 4.98 Å². The number of halogens is 2. The molecule has 1 heterocycles. The molecule has 0 fully saturated rings. The molecular formula is C12H14ClFN2. The second kappa shape index (κ2) is 4.83. The Hall–Kier alpha value is -1.09. The molecule has 4 heteroatoms. The fourth-order valence-electron chi connectivity index (χ4n) is 1.91. The van der Waals surface area contributed by atoms with Crippen LogP contribution >= 0.6 is 11.6 Å². The average Bonchev–Trinajstić information content (AvgIpc) is 2.63. The maximum Gasteiger partial charge on any atom is 0.125 e. The van der Waals surface area contributed by atoms with E-state index in [4.69, 9.17) is 11.6 Å². The van der Waals surface area contributed by atoms with Gasteiger partial charge in [0.2, 0.25) is 0 Å². The smallest absolute Gasteiger partial charge is 0.125 e. The average molecular weight is 241 g/mol. The van der Waals surface area contributed by atoms with Gasteiger partial charge in [-0.15, -0.1) is 11.6 Å². The van der Waals surface area contributed by atoms with Crippen LogP contribution in [0.1, 0.15) is 19.2 Å². The molecule has 1 aromatic carbocycles. The third kappa shape index (κ3) is 2.05. The van der Waals surface area contributed by atoms with Gasteiger partial charge >= 0.3 is 0 Å². The number of nitrogens with zero attached hydrogens (tertiary/aromatic N) is 2. The van der Waals surface area contributed by atoms with Gasteiger partial charge in [0.25, 0.3) is 0 Å². The van der Waals surface area contributed by atoms with Crippen molar-refractivity contribution >= 4 is 22.6 Å². The SMILES string of the molecule is CCn1c(CCCCl)nc2ccc(F)cc21. The molecule has 2 rings (SSSR count). The highest BCUT2D eigenvalue weighted by atomic mass is 35.5. The molecule has 0 aliphatic carbocycles. The van der Waals surface area contributed by atoms with Gasteiger partial charge in [0, 0.05) is 18.8 Å². The van der Waals surface area contributed by atoms with Gasteiger partial charge in [0.1, 0.15) is 11.6 Å². The van der Waals surface area contributed by atoms with Crippen molar-refractivity contribution in [2.75, 3.05) is 5.88 Å². The zero-order valence-corrected chi connectivity index (χ0v) is 9.97. The van der Waals surface area contributed by atoms with Crippen LogP contribution < -0.4 is 0 Å². The summed E-state index contributed by atoms with van der Waals surface area (Å²) in [7, 11) is 0. The molecule has 0 saturated heterocycles. The number of aromatic nitrogens is 2. The largest absolute Gasteiger partial charge is 0.328 e. The minimum atomic E-state index is -0.217. The van der Waals surface area contributed by atoms with Gasteiger partial charge in [-0.25, -0.2) is 9.37 Å². The standard InChI is InChI=1S/C12H14ClFN2/c1-2-16-11-8-9(14)5-6-10(11)15-12(16)4-3-7-13/h5-6,8H,2-4,7H2,1H3. The maximum atomic E-state index is 13.2. The maximum absolute atomic E-state index is 13.2. The summed E-state index contributed by atoms with van der Waals surface area (Å²) in [6, 6.07) is 4.71. The predicted molar refractivity (Wildman–Crippen MR) is 64.4 cm³/mol. The molecule has 0 amide bonds. The monoisotopic (exact) mass is 240 g/mol. The molecule has 2 aromatic rings. The zero-order valence-electron chi connectivity index (χ0n) is 9.21. The third-order valence-electron chi connectivity index (χ3n) is 2.64. The normalized spacial score (nSPS) is 11.2. The lowest BCUT2D eigenvalue weighted by atomic mass is 10.3. The van der Waals surface area contributed by atoms with Crippen molar-refractivity contribution in [2.45, 2.75) is 26.3 Å². The van der Waals surface area contributed by atoms with E-state index in [0.717, 1.165) is 36.2 Å². The summed E-state index contributed by atoms with van der Waals surface area (Å²) in [5.41, 5.74) is 1.72. The van der Waals surface area contributed by atoms with E-state index in [0.29, 0.717) is 5.88 Å². The Bertz CT molecular complexity index is 493. The Morgan fingerprint density at radius 1 is 1.44 bits per heavy atom. The van der Waals surface area contributed by atoms with Gasteiger partial charge in [-0.3, -0.25) is 0 Å². The first-order chi connectivity index (χ1) is 7.76. The number of aryl methyl sites for hydroxylation is 2. The molecule has 0 N–H and O–H groups in total. The van der Waals surface area contributed by atoms with Gasteiger partial charge in [-0.05, 0) is 31.5 Å². The van der Waals surface area contributed by atoms with Gasteiger partial charge in [0.05, 0.1) is 11.0 Å². The Balaban J connectivity index is 2.49. The molecule has 0 aliphatic heterocycles. The van der Waals surface area contributed by atoms with Crippen LogP contribution in [0.5, 0.6) is 0 Å². The second-order valence-electron chi connectivity index (χ2n) is 3.70. The minimum absolute atomic E-state index is 0.217. The van der Waals surface area contributed by atoms with E-state index in [9.17, 15) is 4.39 Å². The first-order valence-corrected chi connectivity index (χ1v) is 6.00. The van der Waals surface area contributed by atoms with Crippen molar-refractivity contribution in [3.8, 4) is 0 Å². The van der Waals surface area contributed by atoms with Gasteiger partial charge < -0.3 is 4.57 Å². The number of imidazole rings is 1. The number of hydrogen-bond acceptors (Lipinski definition) is 1. The number of fused-ring (bicyclic) bond motifs is 1. The van der Waals surface area contributed by atoms with Crippen LogP contribution in [-0.4, -0.2) is 15.4 Å². The van der Waals surface area contributed by atoms with Crippen molar-refractivity contribution in [3.05, 3.63) is 29.8 Å². The summed E-state index contributed by atoms with van der Waals surface area (Å²) >= 11 is 5.67. The van der Waals surface area contributed by atoms with Crippen molar-refractivity contribution < 1.29 is 4.39 Å². The predicted octanol–water partition coefficient (Wildman–Crippen LogP) is 3.37. The summed E-state index contributed by atoms with van der Waals surface area (Å²) in [4.78, 5) is 4.50. The Morgan fingerprint density at radius 3 is 2.94 bits per heavy atom. The first-order valence-electron chi connectivity index (χ1n) is 5.47. The molecule has 0 radical (unpaired) electrons. The fourth-order valence-corrected chi connectivity index (χ4v) is 2.05. The van der Waals surface area contributed by atoms with Crippen LogP contribution in [0.2, 0.25) is 0 Å². The van der Waals surface area contributed by atoms with Crippen LogP contribution in [0.25, 0.3) is 11.0 Å². The van der Waals surface area contributed by atoms with Crippen molar-refractivity contribution in [3.63, 3.8) is 0 Å². The molecule has 1 aromatic heterocycles. The first kappa shape index (κ1) is 11.4. The highest BCUT2D eigenvalue weighted by Gasteiger charge is 2.09. The molecular weight excluding hydrogens is 227 g/mol. The van der Waals surface area contributed by atoms with Crippen LogP contribution in [-0.2, 0) is 13.0 Å². The molecule has 2 nitrogen and oxygen atoms in total. The molecule has 0 bridgehead atoms. The van der Waals surface area contributed by atoms with E-state index in [-0.39, 0.29) is 5.82 Å². The zero-order chi connectivity index (χ0) is 11.5. The van der Waals surface area contributed by atoms with Crippen LogP contribution in [0, 0.1) is 5.82 Å². The van der Waals surface area contributed by atoms with Crippen LogP contribution in [0.4, 0.5) is 4.39 Å². The Kier molecular flexibility index (Phi) is 3.44. The molecule has 0 unspecified atom stereocenters. The minimum Gasteiger partial charge on any atom is -0.328 e. The van der Waals surface area contributed by atoms with Gasteiger partial charge in [-0.2, -0.15) is 0 Å². The van der Waals surface area contributed by atoms with E-state index in [1.807, 2.05) is 11.5 Å². The fraction of sp³-hybridized carbons (Fsp3) is 0.417. The van der Waals surface area contributed by atoms with Crippen molar-refractivity contribution in [2.24, 2.45) is 0 Å². The summed E-state index contributed by atoms with van der Waals surface area (Å²) in [6.07, 6.45) is 1.74. The van der Waals surface area contributed by atoms with Crippen LogP contribution in [0.3, 0.4) is 0 Å². The highest BCUT2D eigenvalue weighted by Crippen LogP contribution is 2.18. The quantitative estimate of drug-likeness (QED) is 0.750. The molecule has 86 valence electrons. The molecule has 16 heavy (non-hydrogen) atoms. The Morgan fingerprint density at radius 2 is 2.25 bits per heavy atom. The molecule has 0 aliphatic rings. The topological polar surface area (TPSA) is 17.8 Å². The summed E-state index contributed by atoms with van der Waals surface area (Å²) < 4.78 is 15.2. The van der Waals surface area contributed by atoms with Gasteiger partial charge in [-0.1, -0.05) is 0 Å². The summed E-state index contributed by atoms with van der Waals surface area (Å²) in [6.45, 7) is 2.84. The lowest BCUT2D eigenvalue weighted by molar-refractivity contribution is 0.627. The molecule has 0 atom stereocenters. The van der Waals surface area contributed by atoms with Crippen molar-refractivity contribution in [1.82, 2.24) is 9.55 Å². The van der Waals surface area contributed by atoms with E-state index < -0.39 is 0 Å². The number of rotatable bonds is 4. The summed E-state index contributed by atoms with van der Waals surface area (Å²) in [5.74, 6) is 1.40. The lowest BCUT2D eigenvalue weighted by Crippen LogP contribution is -2.02. The number of alkyl halides is 1. The van der Waals surface area contributed by atoms with E-state index in [1.165, 1.54) is 12.1 Å². The number of benzene rings is 1. The third-order valence-corrected chi connectivity index (χ3v) is 2.91. The molecule has 0 saturated carbocycles. The van der Waals surface area contributed by atoms with Crippen LogP contribution in [0.15, 0.2) is 18.2 Å². The molecule has 0 spiro atoms. The van der Waals surface area contributed by atoms with Crippen molar-refractivity contribution in [1.29, 1.82) is 0 Å². The van der Waals surface area contributed by atoms with E-state index >= 15 is 0 Å². The second-order valence-corrected chi connectivity index (χ2v) is 4.08. The lowest BCUT2D eigenvalue weighted by Gasteiger charge is -2.04. The summed E-state index contributed by atoms with van der Waals surface area (Å²) in [5, 5.41) is 0. The number of hydrogen-bond donors (Lipinski definition) is 0. The van der Waals surface area contributed by atoms with E-state index in [1.54, 1.807) is 6.07 Å². The highest BCUT2D eigenvalue weighted by molar-refractivity contribution is 6.17. The Labute approximate surface area is 99.0 Å².